The average Bonchev–Trinajstić information content (AvgIpc) is 3.65. The second-order valence-corrected chi connectivity index (χ2v) is 11.1. The fourth-order valence-corrected chi connectivity index (χ4v) is 6.88. The molecule has 42 heavy (non-hydrogen) atoms. The van der Waals surface area contributed by atoms with E-state index >= 15 is 0 Å². The number of imide groups is 1. The summed E-state index contributed by atoms with van der Waals surface area (Å²) in [6.45, 7) is -2.38. The number of urea groups is 1. The van der Waals surface area contributed by atoms with Crippen LogP contribution in [0.15, 0.2) is 54.9 Å². The zero-order chi connectivity index (χ0) is 29.4. The second kappa shape index (κ2) is 8.84. The Morgan fingerprint density at radius 3 is 2.62 bits per heavy atom. The number of rotatable bonds is 4. The third-order valence-corrected chi connectivity index (χ3v) is 8.67. The van der Waals surface area contributed by atoms with E-state index in [9.17, 15) is 32.3 Å². The third kappa shape index (κ3) is 3.72. The fraction of sp³-hybridized carbons (Fsp3) is 0.310. The molecule has 4 heterocycles. The molecule has 4 aliphatic rings. The quantitative estimate of drug-likeness (QED) is 0.460. The lowest BCUT2D eigenvalue weighted by molar-refractivity contribution is -0.155. The predicted molar refractivity (Wildman–Crippen MR) is 141 cm³/mol. The van der Waals surface area contributed by atoms with Crippen LogP contribution >= 0.6 is 0 Å². The van der Waals surface area contributed by atoms with Gasteiger partial charge in [0.15, 0.2) is 5.54 Å². The van der Waals surface area contributed by atoms with Crippen molar-refractivity contribution in [2.45, 2.75) is 42.8 Å². The van der Waals surface area contributed by atoms with E-state index in [1.807, 2.05) is 6.07 Å². The SMILES string of the molecule is O=C(CN1C(=O)N(CC(F)(F)F)C(=O)C12CCc1ccccc12)Nc1cnc2c(c1)CC1(C2)C(=O)Nc2ncccc21. The molecule has 3 aromatic rings. The number of carbonyl (C=O) groups excluding carboxylic acids is 4. The molecule has 2 N–H and O–H groups in total. The van der Waals surface area contributed by atoms with Gasteiger partial charge < -0.3 is 10.6 Å². The van der Waals surface area contributed by atoms with E-state index in [1.54, 1.807) is 42.6 Å². The van der Waals surface area contributed by atoms with Gasteiger partial charge in [0.2, 0.25) is 11.8 Å². The number of nitrogens with one attached hydrogen (secondary N) is 2. The van der Waals surface area contributed by atoms with Gasteiger partial charge in [-0.25, -0.2) is 9.78 Å². The molecule has 2 unspecified atom stereocenters. The number of nitrogens with zero attached hydrogens (tertiary/aromatic N) is 4. The zero-order valence-electron chi connectivity index (χ0n) is 22.0. The molecule has 2 aromatic heterocycles. The van der Waals surface area contributed by atoms with Gasteiger partial charge in [-0.15, -0.1) is 0 Å². The van der Waals surface area contributed by atoms with Crippen molar-refractivity contribution in [1.29, 1.82) is 0 Å². The Balaban J connectivity index is 1.15. The van der Waals surface area contributed by atoms with E-state index in [2.05, 4.69) is 20.6 Å². The number of benzene rings is 1. The average molecular weight is 577 g/mol. The van der Waals surface area contributed by atoms with E-state index in [4.69, 9.17) is 0 Å². The summed E-state index contributed by atoms with van der Waals surface area (Å²) in [6, 6.07) is 10.9. The van der Waals surface area contributed by atoms with Crippen molar-refractivity contribution >= 4 is 35.3 Å². The number of aryl methyl sites for hydroxylation is 1. The Bertz CT molecular complexity index is 1710. The lowest BCUT2D eigenvalue weighted by Crippen LogP contribution is -2.48. The van der Waals surface area contributed by atoms with Gasteiger partial charge in [-0.1, -0.05) is 30.3 Å². The summed E-state index contributed by atoms with van der Waals surface area (Å²) in [6.07, 6.45) is -0.627. The molecule has 2 aliphatic carbocycles. The van der Waals surface area contributed by atoms with E-state index < -0.39 is 48.1 Å². The van der Waals surface area contributed by atoms with Crippen molar-refractivity contribution in [1.82, 2.24) is 19.8 Å². The van der Waals surface area contributed by atoms with Gasteiger partial charge in [0.25, 0.3) is 5.91 Å². The van der Waals surface area contributed by atoms with Crippen LogP contribution in [0.2, 0.25) is 0 Å². The zero-order valence-corrected chi connectivity index (χ0v) is 22.0. The Morgan fingerprint density at radius 2 is 1.81 bits per heavy atom. The number of anilines is 2. The molecule has 10 nitrogen and oxygen atoms in total. The molecule has 0 saturated carbocycles. The van der Waals surface area contributed by atoms with Crippen LogP contribution in [0.1, 0.15) is 34.4 Å². The van der Waals surface area contributed by atoms with Gasteiger partial charge in [-0.3, -0.25) is 29.2 Å². The second-order valence-electron chi connectivity index (χ2n) is 11.1. The highest BCUT2D eigenvalue weighted by molar-refractivity contribution is 6.10. The monoisotopic (exact) mass is 576 g/mol. The number of hydrogen-bond acceptors (Lipinski definition) is 6. The van der Waals surface area contributed by atoms with Crippen LogP contribution in [0.5, 0.6) is 0 Å². The Labute approximate surface area is 236 Å². The molecule has 5 amide bonds. The van der Waals surface area contributed by atoms with E-state index in [0.29, 0.717) is 42.0 Å². The number of alkyl halides is 3. The molecule has 2 spiro atoms. The van der Waals surface area contributed by atoms with Crippen LogP contribution < -0.4 is 10.6 Å². The minimum Gasteiger partial charge on any atom is -0.323 e. The largest absolute Gasteiger partial charge is 0.406 e. The van der Waals surface area contributed by atoms with Crippen LogP contribution in [0.3, 0.4) is 0 Å². The maximum absolute atomic E-state index is 13.5. The van der Waals surface area contributed by atoms with Crippen molar-refractivity contribution in [3.05, 3.63) is 82.8 Å². The molecular weight excluding hydrogens is 553 g/mol. The standard InChI is InChI=1S/C29H23F3N6O4/c30-29(31,32)15-37-25(41)28(8-7-16-4-1-2-5-19(16)28)38(26(37)42)14-22(39)35-18-10-17-11-27(12-21(17)34-13-18)20-6-3-9-33-23(20)36-24(27)40/h1-6,9-10,13H,7-8,11-12,14-15H2,(H,35,39)(H,33,36,40). The van der Waals surface area contributed by atoms with Crippen molar-refractivity contribution in [3.8, 4) is 0 Å². The first-order valence-electron chi connectivity index (χ1n) is 13.4. The van der Waals surface area contributed by atoms with Crippen molar-refractivity contribution < 1.29 is 32.3 Å². The molecule has 13 heteroatoms. The summed E-state index contributed by atoms with van der Waals surface area (Å²) in [5, 5.41) is 5.50. The molecular formula is C29H23F3N6O4. The molecule has 0 radical (unpaired) electrons. The summed E-state index contributed by atoms with van der Waals surface area (Å²) >= 11 is 0. The number of hydrogen-bond donors (Lipinski definition) is 2. The Morgan fingerprint density at radius 1 is 1.02 bits per heavy atom. The molecule has 1 saturated heterocycles. The summed E-state index contributed by atoms with van der Waals surface area (Å²) in [7, 11) is 0. The van der Waals surface area contributed by atoms with Gasteiger partial charge >= 0.3 is 12.2 Å². The van der Waals surface area contributed by atoms with Crippen LogP contribution in [0.25, 0.3) is 0 Å². The topological polar surface area (TPSA) is 125 Å². The summed E-state index contributed by atoms with van der Waals surface area (Å²) in [5.41, 5.74) is 1.14. The third-order valence-electron chi connectivity index (χ3n) is 8.67. The van der Waals surface area contributed by atoms with Gasteiger partial charge in [0.1, 0.15) is 18.9 Å². The first kappa shape index (κ1) is 26.1. The number of carbonyl (C=O) groups is 4. The Kier molecular flexibility index (Phi) is 5.50. The smallest absolute Gasteiger partial charge is 0.323 e. The molecule has 2 aliphatic heterocycles. The van der Waals surface area contributed by atoms with Gasteiger partial charge in [0.05, 0.1) is 17.3 Å². The van der Waals surface area contributed by atoms with Crippen molar-refractivity contribution in [2.75, 3.05) is 23.7 Å². The van der Waals surface area contributed by atoms with Crippen LogP contribution in [0.4, 0.5) is 29.5 Å². The molecule has 0 bridgehead atoms. The maximum atomic E-state index is 13.5. The van der Waals surface area contributed by atoms with Crippen LogP contribution in [-0.2, 0) is 44.6 Å². The summed E-state index contributed by atoms with van der Waals surface area (Å²) in [4.78, 5) is 62.9. The minimum absolute atomic E-state index is 0.0689. The first-order valence-corrected chi connectivity index (χ1v) is 13.4. The van der Waals surface area contributed by atoms with Gasteiger partial charge in [-0.05, 0) is 48.1 Å². The minimum atomic E-state index is -4.80. The lowest BCUT2D eigenvalue weighted by atomic mass is 9.80. The fourth-order valence-electron chi connectivity index (χ4n) is 6.88. The first-order chi connectivity index (χ1) is 20.0. The number of pyridine rings is 2. The van der Waals surface area contributed by atoms with E-state index in [1.165, 1.54) is 6.20 Å². The highest BCUT2D eigenvalue weighted by atomic mass is 19.4. The maximum Gasteiger partial charge on any atom is 0.406 e. The number of aromatic nitrogens is 2. The molecule has 1 fully saturated rings. The molecule has 7 rings (SSSR count). The number of fused-ring (bicyclic) bond motifs is 5. The number of halogens is 3. The van der Waals surface area contributed by atoms with E-state index in [0.717, 1.165) is 21.6 Å². The van der Waals surface area contributed by atoms with Crippen molar-refractivity contribution in [3.63, 3.8) is 0 Å². The van der Waals surface area contributed by atoms with Gasteiger partial charge in [0, 0.05) is 23.9 Å². The van der Waals surface area contributed by atoms with Crippen molar-refractivity contribution in [2.24, 2.45) is 0 Å². The van der Waals surface area contributed by atoms with E-state index in [-0.39, 0.29) is 17.2 Å². The molecule has 214 valence electrons. The summed E-state index contributed by atoms with van der Waals surface area (Å²) < 4.78 is 40.0. The molecule has 1 aromatic carbocycles. The predicted octanol–water partition coefficient (Wildman–Crippen LogP) is 3.07. The highest BCUT2D eigenvalue weighted by Crippen LogP contribution is 2.48. The van der Waals surface area contributed by atoms with Crippen LogP contribution in [0, 0.1) is 0 Å². The highest BCUT2D eigenvalue weighted by Gasteiger charge is 2.62. The summed E-state index contributed by atoms with van der Waals surface area (Å²) in [5.74, 6) is -1.36. The Hall–Kier alpha value is -4.81. The number of amides is 5. The normalized spacial score (nSPS) is 23.9. The van der Waals surface area contributed by atoms with Crippen LogP contribution in [-0.4, -0.2) is 62.8 Å². The molecule has 2 atom stereocenters. The lowest BCUT2D eigenvalue weighted by Gasteiger charge is -2.32. The van der Waals surface area contributed by atoms with Gasteiger partial charge in [-0.2, -0.15) is 13.2 Å².